The minimum atomic E-state index is -0.435. The fourth-order valence-electron chi connectivity index (χ4n) is 3.70. The van der Waals surface area contributed by atoms with Crippen molar-refractivity contribution in [2.24, 2.45) is 0 Å². The van der Waals surface area contributed by atoms with Crippen LogP contribution < -0.4 is 20.7 Å². The molecular formula is C24H25FN4O3S. The summed E-state index contributed by atoms with van der Waals surface area (Å²) in [6.45, 7) is 0.0979. The van der Waals surface area contributed by atoms with Crippen molar-refractivity contribution in [3.8, 4) is 5.75 Å². The first-order valence-electron chi connectivity index (χ1n) is 10.8. The van der Waals surface area contributed by atoms with Crippen LogP contribution in [-0.2, 0) is 6.61 Å². The number of aromatic nitrogens is 1. The van der Waals surface area contributed by atoms with E-state index in [-0.39, 0.29) is 36.4 Å². The predicted octanol–water partition coefficient (Wildman–Crippen LogP) is 4.72. The Morgan fingerprint density at radius 3 is 2.36 bits per heavy atom. The van der Waals surface area contributed by atoms with Crippen LogP contribution in [0.2, 0.25) is 0 Å². The van der Waals surface area contributed by atoms with Crippen LogP contribution in [0, 0.1) is 5.82 Å². The fourth-order valence-corrected chi connectivity index (χ4v) is 4.38. The van der Waals surface area contributed by atoms with E-state index in [0.29, 0.717) is 10.7 Å². The summed E-state index contributed by atoms with van der Waals surface area (Å²) in [6, 6.07) is 15.3. The lowest BCUT2D eigenvalue weighted by Crippen LogP contribution is -2.45. The third-order valence-corrected chi connectivity index (χ3v) is 6.22. The van der Waals surface area contributed by atoms with Gasteiger partial charge in [0, 0.05) is 23.2 Å². The minimum absolute atomic E-state index is 0.0348. The van der Waals surface area contributed by atoms with Gasteiger partial charge in [0.2, 0.25) is 0 Å². The average molecular weight is 469 g/mol. The molecule has 0 unspecified atom stereocenters. The van der Waals surface area contributed by atoms with Gasteiger partial charge < -0.3 is 20.7 Å². The van der Waals surface area contributed by atoms with E-state index >= 15 is 0 Å². The number of nitrogens with zero attached hydrogens (tertiary/aromatic N) is 1. The summed E-state index contributed by atoms with van der Waals surface area (Å²) in [7, 11) is 0. The van der Waals surface area contributed by atoms with E-state index in [1.807, 2.05) is 30.3 Å². The van der Waals surface area contributed by atoms with Crippen LogP contribution in [0.15, 0.2) is 60.0 Å². The Kier molecular flexibility index (Phi) is 7.51. The Morgan fingerprint density at radius 1 is 0.970 bits per heavy atom. The highest BCUT2D eigenvalue weighted by atomic mass is 32.1. The molecule has 1 aromatic heterocycles. The second-order valence-electron chi connectivity index (χ2n) is 7.83. The second kappa shape index (κ2) is 10.9. The number of carbonyl (C=O) groups is 2. The van der Waals surface area contributed by atoms with Crippen molar-refractivity contribution in [2.75, 3.05) is 5.32 Å². The van der Waals surface area contributed by atoms with Crippen molar-refractivity contribution in [2.45, 2.75) is 44.4 Å². The SMILES string of the molecule is O=C(Nc1ccccc1)NC1CCC(NC(=O)c2csc(COc3ccccc3F)n2)CC1. The third-order valence-electron chi connectivity index (χ3n) is 5.40. The maximum absolute atomic E-state index is 13.6. The molecule has 1 aliphatic carbocycles. The Morgan fingerprint density at radius 2 is 1.64 bits per heavy atom. The molecule has 0 bridgehead atoms. The number of carbonyl (C=O) groups excluding carboxylic acids is 2. The number of benzene rings is 2. The first-order valence-corrected chi connectivity index (χ1v) is 11.7. The number of halogens is 1. The molecule has 3 aromatic rings. The summed E-state index contributed by atoms with van der Waals surface area (Å²) in [6.07, 6.45) is 3.11. The molecule has 0 atom stereocenters. The molecule has 1 saturated carbocycles. The first-order chi connectivity index (χ1) is 16.1. The van der Waals surface area contributed by atoms with Crippen LogP contribution in [0.4, 0.5) is 14.9 Å². The number of hydrogen-bond donors (Lipinski definition) is 3. The van der Waals surface area contributed by atoms with Gasteiger partial charge in [0.25, 0.3) is 5.91 Å². The minimum Gasteiger partial charge on any atom is -0.483 e. The summed E-state index contributed by atoms with van der Waals surface area (Å²) < 4.78 is 19.1. The zero-order valence-corrected chi connectivity index (χ0v) is 18.7. The largest absolute Gasteiger partial charge is 0.483 e. The summed E-state index contributed by atoms with van der Waals surface area (Å²) in [5.41, 5.74) is 1.08. The topological polar surface area (TPSA) is 92.4 Å². The molecule has 1 fully saturated rings. The molecule has 7 nitrogen and oxygen atoms in total. The van der Waals surface area contributed by atoms with Crippen molar-refractivity contribution in [3.63, 3.8) is 0 Å². The Balaban J connectivity index is 1.19. The van der Waals surface area contributed by atoms with E-state index in [1.54, 1.807) is 23.6 Å². The number of ether oxygens (including phenoxy) is 1. The quantitative estimate of drug-likeness (QED) is 0.468. The second-order valence-corrected chi connectivity index (χ2v) is 8.77. The summed E-state index contributed by atoms with van der Waals surface area (Å²) in [4.78, 5) is 29.0. The number of hydrogen-bond acceptors (Lipinski definition) is 5. The van der Waals surface area contributed by atoms with Gasteiger partial charge in [-0.3, -0.25) is 4.79 Å². The van der Waals surface area contributed by atoms with E-state index in [9.17, 15) is 14.0 Å². The predicted molar refractivity (Wildman–Crippen MR) is 125 cm³/mol. The summed E-state index contributed by atoms with van der Waals surface area (Å²) in [5, 5.41) is 11.1. The van der Waals surface area contributed by atoms with Crippen LogP contribution in [0.1, 0.15) is 41.2 Å². The molecule has 2 aromatic carbocycles. The smallest absolute Gasteiger partial charge is 0.319 e. The molecule has 1 heterocycles. The number of urea groups is 1. The molecule has 0 saturated heterocycles. The van der Waals surface area contributed by atoms with Gasteiger partial charge in [0.15, 0.2) is 11.6 Å². The van der Waals surface area contributed by atoms with E-state index in [0.717, 1.165) is 31.4 Å². The number of rotatable bonds is 7. The van der Waals surface area contributed by atoms with Crippen molar-refractivity contribution in [3.05, 3.63) is 76.5 Å². The maximum atomic E-state index is 13.6. The van der Waals surface area contributed by atoms with E-state index in [4.69, 9.17) is 4.74 Å². The molecule has 3 amide bonds. The molecular weight excluding hydrogens is 443 g/mol. The summed E-state index contributed by atoms with van der Waals surface area (Å²) >= 11 is 1.30. The molecule has 9 heteroatoms. The lowest BCUT2D eigenvalue weighted by molar-refractivity contribution is 0.0919. The zero-order valence-electron chi connectivity index (χ0n) is 17.9. The number of thiazole rings is 1. The Labute approximate surface area is 195 Å². The monoisotopic (exact) mass is 468 g/mol. The van der Waals surface area contributed by atoms with Crippen LogP contribution in [0.5, 0.6) is 5.75 Å². The number of nitrogens with one attached hydrogen (secondary N) is 3. The highest BCUT2D eigenvalue weighted by molar-refractivity contribution is 7.09. The number of para-hydroxylation sites is 2. The normalized spacial score (nSPS) is 17.7. The van der Waals surface area contributed by atoms with E-state index in [1.165, 1.54) is 17.4 Å². The van der Waals surface area contributed by atoms with Crippen LogP contribution in [0.25, 0.3) is 0 Å². The number of amides is 3. The lowest BCUT2D eigenvalue weighted by Gasteiger charge is -2.29. The molecule has 0 radical (unpaired) electrons. The van der Waals surface area contributed by atoms with Crippen LogP contribution >= 0.6 is 11.3 Å². The standard InChI is InChI=1S/C24H25FN4O3S/c25-19-8-4-5-9-21(19)32-14-22-29-20(15-33-22)23(30)26-17-10-12-18(13-11-17)28-24(31)27-16-6-2-1-3-7-16/h1-9,15,17-18H,10-14H2,(H,26,30)(H2,27,28,31). The summed E-state index contributed by atoms with van der Waals surface area (Å²) in [5.74, 6) is -0.516. The van der Waals surface area contributed by atoms with E-state index < -0.39 is 5.82 Å². The molecule has 0 aliphatic heterocycles. The lowest BCUT2D eigenvalue weighted by atomic mass is 9.91. The van der Waals surface area contributed by atoms with Gasteiger partial charge in [-0.15, -0.1) is 11.3 Å². The highest BCUT2D eigenvalue weighted by Crippen LogP contribution is 2.21. The highest BCUT2D eigenvalue weighted by Gasteiger charge is 2.24. The van der Waals surface area contributed by atoms with Crippen molar-refractivity contribution >= 4 is 29.0 Å². The molecule has 172 valence electrons. The molecule has 4 rings (SSSR count). The van der Waals surface area contributed by atoms with Gasteiger partial charge in [0.1, 0.15) is 17.3 Å². The van der Waals surface area contributed by atoms with Gasteiger partial charge in [-0.25, -0.2) is 14.2 Å². The fraction of sp³-hybridized carbons (Fsp3) is 0.292. The van der Waals surface area contributed by atoms with Gasteiger partial charge in [0.05, 0.1) is 0 Å². The molecule has 1 aliphatic rings. The Hall–Kier alpha value is -3.46. The van der Waals surface area contributed by atoms with Gasteiger partial charge in [-0.1, -0.05) is 30.3 Å². The average Bonchev–Trinajstić information content (AvgIpc) is 3.30. The van der Waals surface area contributed by atoms with Gasteiger partial charge in [-0.05, 0) is 49.9 Å². The first kappa shape index (κ1) is 22.7. The van der Waals surface area contributed by atoms with Crippen LogP contribution in [-0.4, -0.2) is 29.0 Å². The Bertz CT molecular complexity index is 1080. The van der Waals surface area contributed by atoms with Crippen molar-refractivity contribution < 1.29 is 18.7 Å². The maximum Gasteiger partial charge on any atom is 0.319 e. The van der Waals surface area contributed by atoms with Gasteiger partial charge in [-0.2, -0.15) is 0 Å². The molecule has 0 spiro atoms. The van der Waals surface area contributed by atoms with E-state index in [2.05, 4.69) is 20.9 Å². The van der Waals surface area contributed by atoms with Crippen molar-refractivity contribution in [1.82, 2.24) is 15.6 Å². The van der Waals surface area contributed by atoms with Gasteiger partial charge >= 0.3 is 6.03 Å². The van der Waals surface area contributed by atoms with Crippen LogP contribution in [0.3, 0.4) is 0 Å². The molecule has 33 heavy (non-hydrogen) atoms. The number of anilines is 1. The zero-order chi connectivity index (χ0) is 23.0. The third kappa shape index (κ3) is 6.52. The van der Waals surface area contributed by atoms with Crippen molar-refractivity contribution in [1.29, 1.82) is 0 Å². The molecule has 3 N–H and O–H groups in total.